The topological polar surface area (TPSA) is 71.2 Å². The van der Waals surface area contributed by atoms with Gasteiger partial charge in [0, 0.05) is 30.9 Å². The highest BCUT2D eigenvalue weighted by molar-refractivity contribution is 7.13. The monoisotopic (exact) mass is 422 g/mol. The van der Waals surface area contributed by atoms with Crippen molar-refractivity contribution in [2.75, 3.05) is 0 Å². The zero-order valence-corrected chi connectivity index (χ0v) is 17.7. The summed E-state index contributed by atoms with van der Waals surface area (Å²) in [5.41, 5.74) is 0.772. The van der Waals surface area contributed by atoms with Crippen molar-refractivity contribution in [3.63, 3.8) is 0 Å². The fraction of sp³-hybridized carbons (Fsp3) is 0.435. The Labute approximate surface area is 179 Å². The van der Waals surface area contributed by atoms with Crippen molar-refractivity contribution in [3.05, 3.63) is 70.1 Å². The molecule has 2 saturated heterocycles. The summed E-state index contributed by atoms with van der Waals surface area (Å²) < 4.78 is 1.46. The molecule has 1 N–H and O–H groups in total. The Kier molecular flexibility index (Phi) is 5.26. The lowest BCUT2D eigenvalue weighted by Gasteiger charge is -2.52. The van der Waals surface area contributed by atoms with Gasteiger partial charge >= 0.3 is 0 Å². The Bertz CT molecular complexity index is 1040. The molecule has 2 aliphatic rings. The number of pyridine rings is 1. The van der Waals surface area contributed by atoms with E-state index in [2.05, 4.69) is 21.0 Å². The van der Waals surface area contributed by atoms with Gasteiger partial charge in [0.1, 0.15) is 5.69 Å². The second-order valence-corrected chi connectivity index (χ2v) is 9.50. The first-order valence-electron chi connectivity index (χ1n) is 10.6. The molecule has 5 rings (SSSR count). The molecular weight excluding hydrogens is 396 g/mol. The maximum absolute atomic E-state index is 12.5. The minimum absolute atomic E-state index is 0.162. The first-order valence-corrected chi connectivity index (χ1v) is 11.5. The third kappa shape index (κ3) is 3.97. The number of aromatic nitrogens is 3. The molecule has 0 radical (unpaired) electrons. The van der Waals surface area contributed by atoms with Crippen LogP contribution in [0.3, 0.4) is 0 Å². The number of nitrogens with zero attached hydrogens (tertiary/aromatic N) is 4. The summed E-state index contributed by atoms with van der Waals surface area (Å²) in [4.78, 5) is 20.5. The Morgan fingerprint density at radius 2 is 1.93 bits per heavy atom. The molecule has 6 nitrogen and oxygen atoms in total. The van der Waals surface area contributed by atoms with Crippen LogP contribution in [0.1, 0.15) is 37.8 Å². The fourth-order valence-electron chi connectivity index (χ4n) is 5.08. The average molecular weight is 423 g/mol. The Balaban J connectivity index is 1.36. The normalized spacial score (nSPS) is 26.6. The minimum atomic E-state index is -0.915. The van der Waals surface area contributed by atoms with Gasteiger partial charge < -0.3 is 5.11 Å². The second kappa shape index (κ2) is 8.06. The summed E-state index contributed by atoms with van der Waals surface area (Å²) >= 11 is 1.60. The second-order valence-electron chi connectivity index (χ2n) is 8.56. The van der Waals surface area contributed by atoms with Crippen molar-refractivity contribution >= 4 is 11.3 Å². The molecule has 3 aromatic heterocycles. The van der Waals surface area contributed by atoms with Crippen LogP contribution >= 0.6 is 11.3 Å². The first kappa shape index (κ1) is 19.6. The predicted molar refractivity (Wildman–Crippen MR) is 117 cm³/mol. The van der Waals surface area contributed by atoms with E-state index in [1.807, 2.05) is 35.8 Å². The van der Waals surface area contributed by atoms with E-state index >= 15 is 0 Å². The third-order valence-electron chi connectivity index (χ3n) is 6.40. The predicted octanol–water partition coefficient (Wildman–Crippen LogP) is 3.32. The maximum Gasteiger partial charge on any atom is 0.266 e. The molecule has 0 spiro atoms. The van der Waals surface area contributed by atoms with E-state index in [1.54, 1.807) is 23.5 Å². The van der Waals surface area contributed by atoms with Crippen LogP contribution in [-0.4, -0.2) is 42.5 Å². The molecule has 7 heteroatoms. The number of fused-ring (bicyclic) bond motifs is 2. The van der Waals surface area contributed by atoms with Gasteiger partial charge in [0.25, 0.3) is 5.56 Å². The minimum Gasteiger partial charge on any atom is -0.388 e. The van der Waals surface area contributed by atoms with E-state index in [1.165, 1.54) is 11.1 Å². The lowest BCUT2D eigenvalue weighted by Crippen LogP contribution is -2.59. The average Bonchev–Trinajstić information content (AvgIpc) is 3.26. The van der Waals surface area contributed by atoms with Crippen molar-refractivity contribution < 1.29 is 5.11 Å². The molecular formula is C23H26N4O2S. The number of hydrogen-bond acceptors (Lipinski definition) is 6. The fourth-order valence-corrected chi connectivity index (χ4v) is 5.77. The third-order valence-corrected chi connectivity index (χ3v) is 7.29. The van der Waals surface area contributed by atoms with Crippen molar-refractivity contribution in [2.45, 2.75) is 62.9 Å². The van der Waals surface area contributed by atoms with Crippen LogP contribution in [-0.2, 0) is 13.1 Å². The van der Waals surface area contributed by atoms with E-state index in [0.717, 1.165) is 35.7 Å². The number of aliphatic hydroxyl groups is 1. The van der Waals surface area contributed by atoms with Crippen molar-refractivity contribution in [2.24, 2.45) is 0 Å². The van der Waals surface area contributed by atoms with Crippen molar-refractivity contribution in [3.8, 4) is 10.6 Å². The van der Waals surface area contributed by atoms with E-state index < -0.39 is 5.60 Å². The SMILES string of the molecule is O=c1ccc(-c2cccs2)nn1CC1(O)C[C@H]2CCC[C@@H](C1)N2Cc1ccccn1. The molecule has 5 heterocycles. The number of thiophene rings is 1. The van der Waals surface area contributed by atoms with E-state index in [9.17, 15) is 9.90 Å². The Morgan fingerprint density at radius 1 is 1.10 bits per heavy atom. The van der Waals surface area contributed by atoms with Crippen molar-refractivity contribution in [1.82, 2.24) is 19.7 Å². The molecule has 0 aromatic carbocycles. The molecule has 2 aliphatic heterocycles. The first-order chi connectivity index (χ1) is 14.6. The molecule has 0 amide bonds. The largest absolute Gasteiger partial charge is 0.388 e. The van der Waals surface area contributed by atoms with Crippen molar-refractivity contribution in [1.29, 1.82) is 0 Å². The van der Waals surface area contributed by atoms with Gasteiger partial charge in [0.15, 0.2) is 0 Å². The van der Waals surface area contributed by atoms with Crippen LogP contribution in [0.25, 0.3) is 10.6 Å². The van der Waals surface area contributed by atoms with Gasteiger partial charge in [-0.2, -0.15) is 5.10 Å². The van der Waals surface area contributed by atoms with Crippen LogP contribution < -0.4 is 5.56 Å². The van der Waals surface area contributed by atoms with Gasteiger partial charge in [0.05, 0.1) is 22.7 Å². The lowest BCUT2D eigenvalue weighted by molar-refractivity contribution is -0.105. The zero-order chi connectivity index (χ0) is 20.6. The van der Waals surface area contributed by atoms with Gasteiger partial charge in [-0.15, -0.1) is 11.3 Å². The molecule has 3 aromatic rings. The van der Waals surface area contributed by atoms with Crippen LogP contribution in [0.5, 0.6) is 0 Å². The zero-order valence-electron chi connectivity index (χ0n) is 16.9. The van der Waals surface area contributed by atoms with E-state index in [-0.39, 0.29) is 12.1 Å². The highest BCUT2D eigenvalue weighted by Gasteiger charge is 2.45. The standard InChI is InChI=1S/C23H26N4O2S/c28-22-10-9-20(21-8-4-12-30-21)25-27(22)16-23(29)13-18-6-3-7-19(14-23)26(18)15-17-5-1-2-11-24-17/h1-2,4-5,8-12,18-19,29H,3,6-7,13-16H2/t18-,19+,23?. The van der Waals surface area contributed by atoms with Crippen LogP contribution in [0, 0.1) is 0 Å². The van der Waals surface area contributed by atoms with Gasteiger partial charge in [-0.3, -0.25) is 14.7 Å². The van der Waals surface area contributed by atoms with Crippen LogP contribution in [0.15, 0.2) is 58.8 Å². The summed E-state index contributed by atoms with van der Waals surface area (Å²) in [6, 6.07) is 13.9. The van der Waals surface area contributed by atoms with Gasteiger partial charge in [0.2, 0.25) is 0 Å². The molecule has 1 unspecified atom stereocenters. The summed E-state index contributed by atoms with van der Waals surface area (Å²) in [5, 5.41) is 18.1. The number of hydrogen-bond donors (Lipinski definition) is 1. The lowest BCUT2D eigenvalue weighted by atomic mass is 9.75. The molecule has 156 valence electrons. The number of rotatable bonds is 5. The highest BCUT2D eigenvalue weighted by Crippen LogP contribution is 2.40. The molecule has 3 atom stereocenters. The van der Waals surface area contributed by atoms with Crippen LogP contribution in [0.4, 0.5) is 0 Å². The molecule has 0 saturated carbocycles. The Morgan fingerprint density at radius 3 is 2.63 bits per heavy atom. The maximum atomic E-state index is 12.5. The molecule has 2 fully saturated rings. The quantitative estimate of drug-likeness (QED) is 0.683. The van der Waals surface area contributed by atoms with Gasteiger partial charge in [-0.05, 0) is 55.3 Å². The van der Waals surface area contributed by atoms with E-state index in [0.29, 0.717) is 24.9 Å². The smallest absolute Gasteiger partial charge is 0.266 e. The van der Waals surface area contributed by atoms with Crippen LogP contribution in [0.2, 0.25) is 0 Å². The Hall–Kier alpha value is -2.35. The molecule has 2 bridgehead atoms. The van der Waals surface area contributed by atoms with E-state index in [4.69, 9.17) is 0 Å². The summed E-state index contributed by atoms with van der Waals surface area (Å²) in [7, 11) is 0. The summed E-state index contributed by atoms with van der Waals surface area (Å²) in [5.74, 6) is 0. The number of piperidine rings is 2. The summed E-state index contributed by atoms with van der Waals surface area (Å²) in [6.07, 6.45) is 6.49. The van der Waals surface area contributed by atoms with Gasteiger partial charge in [-0.25, -0.2) is 4.68 Å². The van der Waals surface area contributed by atoms with Gasteiger partial charge in [-0.1, -0.05) is 18.6 Å². The highest BCUT2D eigenvalue weighted by atomic mass is 32.1. The molecule has 30 heavy (non-hydrogen) atoms. The molecule has 0 aliphatic carbocycles. The summed E-state index contributed by atoms with van der Waals surface area (Å²) in [6.45, 7) is 1.06.